The van der Waals surface area contributed by atoms with Crippen LogP contribution in [0.5, 0.6) is 5.75 Å². The molecule has 0 fully saturated rings. The zero-order valence-corrected chi connectivity index (χ0v) is 21.1. The number of hydrogen-bond donors (Lipinski definition) is 0. The van der Waals surface area contributed by atoms with E-state index in [0.29, 0.717) is 5.75 Å². The summed E-state index contributed by atoms with van der Waals surface area (Å²) in [6.07, 6.45) is 7.76. The third kappa shape index (κ3) is 8.85. The van der Waals surface area contributed by atoms with Gasteiger partial charge in [-0.05, 0) is 0 Å². The van der Waals surface area contributed by atoms with Gasteiger partial charge in [-0.15, -0.1) is 0 Å². The maximum atomic E-state index is 13.0. The van der Waals surface area contributed by atoms with Crippen LogP contribution in [0.1, 0.15) is 73.1 Å². The summed E-state index contributed by atoms with van der Waals surface area (Å²) in [7, 11) is 0. The second-order valence-electron chi connectivity index (χ2n) is 8.17. The van der Waals surface area contributed by atoms with Crippen molar-refractivity contribution in [1.82, 2.24) is 0 Å². The molecule has 0 heterocycles. The molecule has 0 saturated carbocycles. The summed E-state index contributed by atoms with van der Waals surface area (Å²) in [5.74, 6) is 0.532. The van der Waals surface area contributed by atoms with Gasteiger partial charge < -0.3 is 0 Å². The van der Waals surface area contributed by atoms with E-state index in [2.05, 4.69) is 34.6 Å². The Balaban J connectivity index is 3.06. The molecule has 152 valence electrons. The number of carbonyl (C=O) groups is 1. The van der Waals surface area contributed by atoms with Crippen LogP contribution in [0.15, 0.2) is 41.5 Å². The van der Waals surface area contributed by atoms with E-state index >= 15 is 0 Å². The van der Waals surface area contributed by atoms with Gasteiger partial charge >= 0.3 is 172 Å². The molecule has 0 radical (unpaired) electrons. The van der Waals surface area contributed by atoms with E-state index in [9.17, 15) is 4.79 Å². The van der Waals surface area contributed by atoms with Crippen molar-refractivity contribution in [2.75, 3.05) is 0 Å². The van der Waals surface area contributed by atoms with Gasteiger partial charge in [-0.25, -0.2) is 0 Å². The average molecular weight is 479 g/mol. The van der Waals surface area contributed by atoms with Crippen LogP contribution in [0.3, 0.4) is 0 Å². The van der Waals surface area contributed by atoms with Crippen molar-refractivity contribution >= 4 is 24.3 Å². The summed E-state index contributed by atoms with van der Waals surface area (Å²) < 4.78 is 11.0. The minimum absolute atomic E-state index is 0.119. The van der Waals surface area contributed by atoms with Gasteiger partial charge in [-0.1, -0.05) is 0 Å². The third-order valence-corrected chi connectivity index (χ3v) is 20.8. The normalized spacial score (nSPS) is 11.3. The van der Waals surface area contributed by atoms with E-state index < -0.39 is 18.4 Å². The van der Waals surface area contributed by atoms with Crippen molar-refractivity contribution in [3.8, 4) is 5.75 Å². The fourth-order valence-electron chi connectivity index (χ4n) is 3.78. The Labute approximate surface area is 171 Å². The Morgan fingerprint density at radius 3 is 1.74 bits per heavy atom. The SMILES string of the molecule is CCC[CH2][Sn]([CH2]CCC)([CH2]CCC)[CH2]C(C(=O)Oc1ccccc1)=C(C)C. The molecule has 0 aromatic heterocycles. The molecule has 0 aliphatic carbocycles. The zero-order chi connectivity index (χ0) is 20.1. The first-order chi connectivity index (χ1) is 13.0. The van der Waals surface area contributed by atoms with Gasteiger partial charge in [0.05, 0.1) is 0 Å². The van der Waals surface area contributed by atoms with Gasteiger partial charge in [0, 0.05) is 0 Å². The Bertz CT molecular complexity index is 552. The van der Waals surface area contributed by atoms with Crippen LogP contribution in [0.4, 0.5) is 0 Å². The molecular formula is C24H40O2Sn. The van der Waals surface area contributed by atoms with Crippen molar-refractivity contribution in [2.24, 2.45) is 0 Å². The monoisotopic (exact) mass is 480 g/mol. The Hall–Kier alpha value is -0.771. The van der Waals surface area contributed by atoms with Crippen LogP contribution in [0.25, 0.3) is 0 Å². The molecule has 0 spiro atoms. The number of benzene rings is 1. The van der Waals surface area contributed by atoms with E-state index in [0.717, 1.165) is 15.6 Å². The number of hydrogen-bond acceptors (Lipinski definition) is 2. The molecule has 1 rings (SSSR count). The molecule has 27 heavy (non-hydrogen) atoms. The summed E-state index contributed by atoms with van der Waals surface area (Å²) >= 11 is -2.42. The van der Waals surface area contributed by atoms with E-state index in [4.69, 9.17) is 4.74 Å². The topological polar surface area (TPSA) is 26.3 Å². The van der Waals surface area contributed by atoms with Gasteiger partial charge in [0.1, 0.15) is 0 Å². The fourth-order valence-corrected chi connectivity index (χ4v) is 20.4. The number of esters is 1. The minimum atomic E-state index is -2.42. The number of rotatable bonds is 13. The second kappa shape index (κ2) is 13.4. The molecule has 0 bridgehead atoms. The standard InChI is InChI=1S/C12H13O2.3C4H9.Sn/c1-9(2)10(3)12(13)14-11-7-5-4-6-8-11;3*1-3-4-2;/h4-8H,3H2,1-2H3;3*1,3-4H2,2H3;. The van der Waals surface area contributed by atoms with E-state index in [1.54, 1.807) is 0 Å². The summed E-state index contributed by atoms with van der Waals surface area (Å²) in [6.45, 7) is 11.0. The summed E-state index contributed by atoms with van der Waals surface area (Å²) in [5, 5.41) is 0. The van der Waals surface area contributed by atoms with Crippen LogP contribution in [0.2, 0.25) is 17.7 Å². The van der Waals surface area contributed by atoms with E-state index in [1.165, 1.54) is 51.8 Å². The number of carbonyl (C=O) groups excluding carboxylic acids is 1. The molecule has 0 unspecified atom stereocenters. The van der Waals surface area contributed by atoms with Crippen molar-refractivity contribution in [1.29, 1.82) is 0 Å². The first kappa shape index (κ1) is 24.3. The number of para-hydroxylation sites is 1. The van der Waals surface area contributed by atoms with Gasteiger partial charge in [0.25, 0.3) is 0 Å². The van der Waals surface area contributed by atoms with Crippen LogP contribution >= 0.6 is 0 Å². The molecular weight excluding hydrogens is 439 g/mol. The van der Waals surface area contributed by atoms with Crippen LogP contribution in [-0.4, -0.2) is 24.3 Å². The van der Waals surface area contributed by atoms with Gasteiger partial charge in [0.2, 0.25) is 0 Å². The molecule has 2 nitrogen and oxygen atoms in total. The molecule has 0 aliphatic heterocycles. The number of unbranched alkanes of at least 4 members (excludes halogenated alkanes) is 3. The quantitative estimate of drug-likeness (QED) is 0.125. The van der Waals surface area contributed by atoms with E-state index in [-0.39, 0.29) is 5.97 Å². The molecule has 1 aromatic carbocycles. The van der Waals surface area contributed by atoms with Crippen molar-refractivity contribution in [3.05, 3.63) is 41.5 Å². The van der Waals surface area contributed by atoms with Crippen molar-refractivity contribution < 1.29 is 9.53 Å². The summed E-state index contributed by atoms with van der Waals surface area (Å²) in [5.41, 5.74) is 2.11. The number of allylic oxidation sites excluding steroid dienone is 1. The van der Waals surface area contributed by atoms with Crippen LogP contribution < -0.4 is 4.74 Å². The molecule has 0 saturated heterocycles. The Kier molecular flexibility index (Phi) is 12.1. The fraction of sp³-hybridized carbons (Fsp3) is 0.625. The maximum absolute atomic E-state index is 13.0. The molecule has 1 aromatic rings. The molecule has 0 aliphatic rings. The number of ether oxygens (including phenoxy) is 1. The predicted octanol–water partition coefficient (Wildman–Crippen LogP) is 7.78. The zero-order valence-electron chi connectivity index (χ0n) is 18.3. The Morgan fingerprint density at radius 1 is 0.852 bits per heavy atom. The average Bonchev–Trinajstić information content (AvgIpc) is 2.67. The first-order valence-corrected chi connectivity index (χ1v) is 19.0. The Morgan fingerprint density at radius 2 is 1.33 bits per heavy atom. The molecule has 0 N–H and O–H groups in total. The van der Waals surface area contributed by atoms with Crippen LogP contribution in [-0.2, 0) is 4.79 Å². The van der Waals surface area contributed by atoms with Gasteiger partial charge in [0.15, 0.2) is 0 Å². The van der Waals surface area contributed by atoms with Crippen molar-refractivity contribution in [2.45, 2.75) is 90.9 Å². The van der Waals surface area contributed by atoms with Crippen molar-refractivity contribution in [3.63, 3.8) is 0 Å². The van der Waals surface area contributed by atoms with E-state index in [1.807, 2.05) is 30.3 Å². The van der Waals surface area contributed by atoms with Gasteiger partial charge in [-0.3, -0.25) is 0 Å². The van der Waals surface area contributed by atoms with Crippen LogP contribution in [0, 0.1) is 0 Å². The predicted molar refractivity (Wildman–Crippen MR) is 120 cm³/mol. The van der Waals surface area contributed by atoms with Gasteiger partial charge in [-0.2, -0.15) is 0 Å². The molecule has 0 amide bonds. The first-order valence-electron chi connectivity index (χ1n) is 10.9. The molecule has 3 heteroatoms. The summed E-state index contributed by atoms with van der Waals surface area (Å²) in [6, 6.07) is 9.50. The summed E-state index contributed by atoms with van der Waals surface area (Å²) in [4.78, 5) is 13.0. The third-order valence-electron chi connectivity index (χ3n) is 5.54. The second-order valence-corrected chi connectivity index (χ2v) is 22.0. The molecule has 0 atom stereocenters.